The van der Waals surface area contributed by atoms with E-state index in [0.717, 1.165) is 12.8 Å². The molecule has 0 fully saturated rings. The van der Waals surface area contributed by atoms with E-state index in [-0.39, 0.29) is 12.1 Å². The van der Waals surface area contributed by atoms with Gasteiger partial charge in [0.25, 0.3) is 0 Å². The molecule has 0 saturated carbocycles. The Labute approximate surface area is 114 Å². The highest BCUT2D eigenvalue weighted by Gasteiger charge is 2.14. The average Bonchev–Trinajstić information content (AvgIpc) is 2.44. The molecule has 0 saturated heterocycles. The standard InChI is InChI=1S/C15H22O4/c1-5-9-18-14-10-12(7-8-13(14)17-4)15(16)19-11(3)6-2/h7-8,10-11H,5-6,9H2,1-4H3. The predicted octanol–water partition coefficient (Wildman–Crippen LogP) is 3.44. The van der Waals surface area contributed by atoms with E-state index in [1.165, 1.54) is 0 Å². The lowest BCUT2D eigenvalue weighted by Gasteiger charge is -2.13. The van der Waals surface area contributed by atoms with E-state index in [0.29, 0.717) is 23.7 Å². The number of hydrogen-bond acceptors (Lipinski definition) is 4. The summed E-state index contributed by atoms with van der Waals surface area (Å²) < 4.78 is 16.1. The third-order valence-corrected chi connectivity index (χ3v) is 2.74. The van der Waals surface area contributed by atoms with Crippen molar-refractivity contribution in [1.29, 1.82) is 0 Å². The first-order valence-corrected chi connectivity index (χ1v) is 6.64. The highest BCUT2D eigenvalue weighted by atomic mass is 16.5. The molecule has 1 aromatic carbocycles. The van der Waals surface area contributed by atoms with Crippen LogP contribution in [0.25, 0.3) is 0 Å². The zero-order valence-electron chi connectivity index (χ0n) is 12.1. The second-order valence-electron chi connectivity index (χ2n) is 4.34. The molecule has 4 heteroatoms. The third-order valence-electron chi connectivity index (χ3n) is 2.74. The average molecular weight is 266 g/mol. The summed E-state index contributed by atoms with van der Waals surface area (Å²) >= 11 is 0. The van der Waals surface area contributed by atoms with Crippen LogP contribution in [0.1, 0.15) is 44.0 Å². The summed E-state index contributed by atoms with van der Waals surface area (Å²) in [6.45, 7) is 6.45. The quantitative estimate of drug-likeness (QED) is 0.709. The third kappa shape index (κ3) is 4.47. The van der Waals surface area contributed by atoms with Crippen LogP contribution in [0.4, 0.5) is 0 Å². The number of carbonyl (C=O) groups is 1. The Bertz CT molecular complexity index is 415. The van der Waals surface area contributed by atoms with Crippen molar-refractivity contribution in [1.82, 2.24) is 0 Å². The molecule has 19 heavy (non-hydrogen) atoms. The molecule has 0 radical (unpaired) electrons. The zero-order chi connectivity index (χ0) is 14.3. The SMILES string of the molecule is CCCOc1cc(C(=O)OC(C)CC)ccc1OC. The molecule has 0 spiro atoms. The fourth-order valence-corrected chi connectivity index (χ4v) is 1.46. The van der Waals surface area contributed by atoms with E-state index in [4.69, 9.17) is 14.2 Å². The summed E-state index contributed by atoms with van der Waals surface area (Å²) in [5.41, 5.74) is 0.479. The molecule has 0 bridgehead atoms. The molecule has 1 atom stereocenters. The molecule has 0 N–H and O–H groups in total. The second kappa shape index (κ2) is 7.67. The van der Waals surface area contributed by atoms with E-state index < -0.39 is 0 Å². The van der Waals surface area contributed by atoms with Gasteiger partial charge in [0.15, 0.2) is 11.5 Å². The Balaban J connectivity index is 2.87. The molecule has 1 unspecified atom stereocenters. The highest BCUT2D eigenvalue weighted by Crippen LogP contribution is 2.28. The molecule has 106 valence electrons. The maximum absolute atomic E-state index is 11.9. The number of esters is 1. The van der Waals surface area contributed by atoms with E-state index >= 15 is 0 Å². The number of benzene rings is 1. The van der Waals surface area contributed by atoms with Gasteiger partial charge < -0.3 is 14.2 Å². The molecule has 0 aromatic heterocycles. The van der Waals surface area contributed by atoms with Gasteiger partial charge in [-0.2, -0.15) is 0 Å². The van der Waals surface area contributed by atoms with Gasteiger partial charge in [0.05, 0.1) is 25.4 Å². The second-order valence-corrected chi connectivity index (χ2v) is 4.34. The number of hydrogen-bond donors (Lipinski definition) is 0. The zero-order valence-corrected chi connectivity index (χ0v) is 12.1. The maximum atomic E-state index is 11.9. The normalized spacial score (nSPS) is 11.8. The smallest absolute Gasteiger partial charge is 0.338 e. The molecule has 1 aromatic rings. The fourth-order valence-electron chi connectivity index (χ4n) is 1.46. The Morgan fingerprint density at radius 1 is 1.26 bits per heavy atom. The Hall–Kier alpha value is -1.71. The lowest BCUT2D eigenvalue weighted by Crippen LogP contribution is -2.14. The first-order valence-electron chi connectivity index (χ1n) is 6.64. The summed E-state index contributed by atoms with van der Waals surface area (Å²) in [7, 11) is 1.57. The van der Waals surface area contributed by atoms with Crippen LogP contribution in [-0.2, 0) is 4.74 Å². The van der Waals surface area contributed by atoms with Gasteiger partial charge in [-0.25, -0.2) is 4.79 Å². The molecule has 0 aliphatic rings. The van der Waals surface area contributed by atoms with Gasteiger partial charge in [-0.1, -0.05) is 13.8 Å². The van der Waals surface area contributed by atoms with Crippen molar-refractivity contribution in [3.63, 3.8) is 0 Å². The van der Waals surface area contributed by atoms with Crippen molar-refractivity contribution in [2.45, 2.75) is 39.7 Å². The first kappa shape index (κ1) is 15.3. The van der Waals surface area contributed by atoms with Gasteiger partial charge in [-0.15, -0.1) is 0 Å². The summed E-state index contributed by atoms with van der Waals surface area (Å²) in [5, 5.41) is 0. The monoisotopic (exact) mass is 266 g/mol. The minimum absolute atomic E-state index is 0.0883. The Morgan fingerprint density at radius 2 is 2.00 bits per heavy atom. The van der Waals surface area contributed by atoms with Gasteiger partial charge in [0, 0.05) is 0 Å². The minimum Gasteiger partial charge on any atom is -0.493 e. The van der Waals surface area contributed by atoms with Gasteiger partial charge in [-0.05, 0) is 38.0 Å². The van der Waals surface area contributed by atoms with Crippen molar-refractivity contribution < 1.29 is 19.0 Å². The highest BCUT2D eigenvalue weighted by molar-refractivity contribution is 5.90. The van der Waals surface area contributed by atoms with Gasteiger partial charge >= 0.3 is 5.97 Å². The van der Waals surface area contributed by atoms with Crippen LogP contribution < -0.4 is 9.47 Å². The van der Waals surface area contributed by atoms with Gasteiger partial charge in [-0.3, -0.25) is 0 Å². The van der Waals surface area contributed by atoms with Crippen LogP contribution in [0.3, 0.4) is 0 Å². The summed E-state index contributed by atoms with van der Waals surface area (Å²) in [6, 6.07) is 5.07. The summed E-state index contributed by atoms with van der Waals surface area (Å²) in [5.74, 6) is 0.856. The first-order chi connectivity index (χ1) is 9.12. The van der Waals surface area contributed by atoms with Crippen molar-refractivity contribution in [2.75, 3.05) is 13.7 Å². The van der Waals surface area contributed by atoms with Crippen LogP contribution >= 0.6 is 0 Å². The molecule has 0 aliphatic heterocycles. The molecule has 1 rings (SSSR count). The van der Waals surface area contributed by atoms with Crippen LogP contribution in [0.5, 0.6) is 11.5 Å². The van der Waals surface area contributed by atoms with Crippen LogP contribution in [0.2, 0.25) is 0 Å². The predicted molar refractivity (Wildman–Crippen MR) is 73.9 cm³/mol. The van der Waals surface area contributed by atoms with Crippen molar-refractivity contribution in [3.8, 4) is 11.5 Å². The molecule has 0 aliphatic carbocycles. The topological polar surface area (TPSA) is 44.8 Å². The van der Waals surface area contributed by atoms with Crippen LogP contribution in [0, 0.1) is 0 Å². The van der Waals surface area contributed by atoms with Gasteiger partial charge in [0.2, 0.25) is 0 Å². The van der Waals surface area contributed by atoms with E-state index in [1.807, 2.05) is 20.8 Å². The lowest BCUT2D eigenvalue weighted by atomic mass is 10.2. The van der Waals surface area contributed by atoms with Crippen LogP contribution in [-0.4, -0.2) is 25.8 Å². The molecular formula is C15H22O4. The van der Waals surface area contributed by atoms with Crippen molar-refractivity contribution >= 4 is 5.97 Å². The van der Waals surface area contributed by atoms with Crippen molar-refractivity contribution in [3.05, 3.63) is 23.8 Å². The van der Waals surface area contributed by atoms with Crippen molar-refractivity contribution in [2.24, 2.45) is 0 Å². The van der Waals surface area contributed by atoms with Gasteiger partial charge in [0.1, 0.15) is 0 Å². The molecule has 0 amide bonds. The fraction of sp³-hybridized carbons (Fsp3) is 0.533. The van der Waals surface area contributed by atoms with E-state index in [1.54, 1.807) is 25.3 Å². The van der Waals surface area contributed by atoms with Crippen LogP contribution in [0.15, 0.2) is 18.2 Å². The number of carbonyl (C=O) groups excluding carboxylic acids is 1. The number of ether oxygens (including phenoxy) is 3. The number of rotatable bonds is 7. The summed E-state index contributed by atoms with van der Waals surface area (Å²) in [6.07, 6.45) is 1.60. The Morgan fingerprint density at radius 3 is 2.58 bits per heavy atom. The maximum Gasteiger partial charge on any atom is 0.338 e. The molecule has 0 heterocycles. The molecule has 4 nitrogen and oxygen atoms in total. The molecular weight excluding hydrogens is 244 g/mol. The minimum atomic E-state index is -0.335. The largest absolute Gasteiger partial charge is 0.493 e. The lowest BCUT2D eigenvalue weighted by molar-refractivity contribution is 0.0334. The Kier molecular flexibility index (Phi) is 6.19. The summed E-state index contributed by atoms with van der Waals surface area (Å²) in [4.78, 5) is 11.9. The van der Waals surface area contributed by atoms with E-state index in [9.17, 15) is 4.79 Å². The number of methoxy groups -OCH3 is 1. The van der Waals surface area contributed by atoms with E-state index in [2.05, 4.69) is 0 Å².